The number of rotatable bonds is 5. The quantitative estimate of drug-likeness (QED) is 0.512. The van der Waals surface area contributed by atoms with Gasteiger partial charge in [0, 0.05) is 48.9 Å². The van der Waals surface area contributed by atoms with E-state index < -0.39 is 4.92 Å². The van der Waals surface area contributed by atoms with Crippen LogP contribution in [0.1, 0.15) is 12.8 Å². The first-order valence-corrected chi connectivity index (χ1v) is 9.64. The minimum Gasteiger partial charge on any atom is -0.354 e. The summed E-state index contributed by atoms with van der Waals surface area (Å²) < 4.78 is 0. The number of hydrogen-bond donors (Lipinski definition) is 1. The highest BCUT2D eigenvalue weighted by molar-refractivity contribution is 5.93. The minimum absolute atomic E-state index is 0.00868. The molecule has 9 heteroatoms. The highest BCUT2D eigenvalue weighted by atomic mass is 16.6. The van der Waals surface area contributed by atoms with Gasteiger partial charge in [-0.3, -0.25) is 19.9 Å². The maximum atomic E-state index is 12.7. The van der Waals surface area contributed by atoms with Gasteiger partial charge >= 0.3 is 0 Å². The summed E-state index contributed by atoms with van der Waals surface area (Å²) in [5, 5.41) is 22.3. The van der Waals surface area contributed by atoms with Gasteiger partial charge in [0.1, 0.15) is 0 Å². The maximum absolute atomic E-state index is 12.7. The fourth-order valence-electron chi connectivity index (χ4n) is 3.48. The van der Waals surface area contributed by atoms with E-state index in [0.29, 0.717) is 12.2 Å². The van der Waals surface area contributed by atoms with Gasteiger partial charge in [-0.2, -0.15) is 0 Å². The Labute approximate surface area is 172 Å². The molecule has 1 N–H and O–H groups in total. The molecule has 0 radical (unpaired) electrons. The molecule has 0 bridgehead atoms. The van der Waals surface area contributed by atoms with E-state index in [2.05, 4.69) is 25.4 Å². The second-order valence-electron chi connectivity index (χ2n) is 7.09. The Balaban J connectivity index is 1.40. The smallest absolute Gasteiger partial charge is 0.269 e. The summed E-state index contributed by atoms with van der Waals surface area (Å²) in [5.74, 6) is 0.436. The molecule has 1 amide bonds. The Bertz CT molecular complexity index is 1020. The number of pyridine rings is 1. The van der Waals surface area contributed by atoms with Gasteiger partial charge in [-0.15, -0.1) is 10.2 Å². The molecule has 3 aromatic rings. The Morgan fingerprint density at radius 2 is 1.83 bits per heavy atom. The number of anilines is 2. The van der Waals surface area contributed by atoms with Crippen LogP contribution in [-0.2, 0) is 4.79 Å². The van der Waals surface area contributed by atoms with Crippen molar-refractivity contribution in [1.82, 2.24) is 15.2 Å². The number of aromatic nitrogens is 3. The molecule has 9 nitrogen and oxygen atoms in total. The van der Waals surface area contributed by atoms with Crippen molar-refractivity contribution in [2.24, 2.45) is 5.92 Å². The Kier molecular flexibility index (Phi) is 5.60. The number of piperidine rings is 1. The molecule has 152 valence electrons. The summed E-state index contributed by atoms with van der Waals surface area (Å²) in [7, 11) is 0. The number of nitrogens with zero attached hydrogens (tertiary/aromatic N) is 5. The Morgan fingerprint density at radius 3 is 2.50 bits per heavy atom. The fraction of sp³-hybridized carbons (Fsp3) is 0.238. The van der Waals surface area contributed by atoms with Crippen LogP contribution in [0.5, 0.6) is 0 Å². The Hall–Kier alpha value is -3.88. The molecule has 3 heterocycles. The van der Waals surface area contributed by atoms with Crippen LogP contribution in [0.4, 0.5) is 17.2 Å². The van der Waals surface area contributed by atoms with Gasteiger partial charge in [0.15, 0.2) is 5.82 Å². The van der Waals surface area contributed by atoms with Crippen molar-refractivity contribution in [3.8, 4) is 11.3 Å². The largest absolute Gasteiger partial charge is 0.354 e. The number of nitrogens with one attached hydrogen (secondary N) is 1. The zero-order valence-electron chi connectivity index (χ0n) is 16.1. The van der Waals surface area contributed by atoms with Crippen molar-refractivity contribution in [3.05, 3.63) is 71.0 Å². The van der Waals surface area contributed by atoms with E-state index >= 15 is 0 Å². The number of amides is 1. The van der Waals surface area contributed by atoms with Crippen molar-refractivity contribution < 1.29 is 9.72 Å². The number of nitro groups is 1. The maximum Gasteiger partial charge on any atom is 0.269 e. The zero-order valence-corrected chi connectivity index (χ0v) is 16.1. The van der Waals surface area contributed by atoms with Crippen LogP contribution < -0.4 is 10.2 Å². The number of carbonyl (C=O) groups excluding carboxylic acids is 1. The van der Waals surface area contributed by atoms with Crippen LogP contribution in [-0.4, -0.2) is 39.1 Å². The van der Waals surface area contributed by atoms with E-state index in [0.717, 1.165) is 36.5 Å². The molecular formula is C21H20N6O3. The molecule has 1 aromatic carbocycles. The molecule has 0 aliphatic carbocycles. The minimum atomic E-state index is -0.467. The lowest BCUT2D eigenvalue weighted by atomic mass is 9.97. The average Bonchev–Trinajstić information content (AvgIpc) is 2.80. The molecule has 0 spiro atoms. The molecule has 1 aliphatic heterocycles. The monoisotopic (exact) mass is 404 g/mol. The molecule has 2 aromatic heterocycles. The van der Waals surface area contributed by atoms with Crippen molar-refractivity contribution in [3.63, 3.8) is 0 Å². The highest BCUT2D eigenvalue weighted by Crippen LogP contribution is 2.24. The lowest BCUT2D eigenvalue weighted by molar-refractivity contribution is -0.384. The molecule has 30 heavy (non-hydrogen) atoms. The van der Waals surface area contributed by atoms with E-state index in [1.807, 2.05) is 24.3 Å². The normalized spacial score (nSPS) is 16.1. The second kappa shape index (κ2) is 8.64. The van der Waals surface area contributed by atoms with Crippen LogP contribution in [0.3, 0.4) is 0 Å². The van der Waals surface area contributed by atoms with Crippen molar-refractivity contribution in [2.45, 2.75) is 12.8 Å². The average molecular weight is 404 g/mol. The zero-order chi connectivity index (χ0) is 20.9. The van der Waals surface area contributed by atoms with E-state index in [4.69, 9.17) is 0 Å². The number of carbonyl (C=O) groups is 1. The summed E-state index contributed by atoms with van der Waals surface area (Å²) in [4.78, 5) is 29.0. The topological polar surface area (TPSA) is 114 Å². The number of non-ortho nitro benzene ring substituents is 1. The van der Waals surface area contributed by atoms with E-state index in [9.17, 15) is 14.9 Å². The SMILES string of the molecule is O=C(Nc1ccc([N+](=O)[O-])cc1)C1CCCN(c2ccc(-c3ccncc3)nn2)C1. The Morgan fingerprint density at radius 1 is 1.07 bits per heavy atom. The standard InChI is InChI=1S/C21H20N6O3/c28-21(23-17-3-5-18(6-4-17)27(29)30)16-2-1-13-26(14-16)20-8-7-19(24-25-20)15-9-11-22-12-10-15/h3-12,16H,1-2,13-14H2,(H,23,28). The van der Waals surface area contributed by atoms with Crippen molar-refractivity contribution in [2.75, 3.05) is 23.3 Å². The fourth-order valence-corrected chi connectivity index (χ4v) is 3.48. The number of hydrogen-bond acceptors (Lipinski definition) is 7. The molecule has 4 rings (SSSR count). The third-order valence-corrected chi connectivity index (χ3v) is 5.09. The summed E-state index contributed by atoms with van der Waals surface area (Å²) in [6.45, 7) is 1.35. The van der Waals surface area contributed by atoms with Crippen LogP contribution in [0.25, 0.3) is 11.3 Å². The molecule has 1 aliphatic rings. The summed E-state index contributed by atoms with van der Waals surface area (Å²) in [5.41, 5.74) is 2.25. The molecule has 1 saturated heterocycles. The van der Waals surface area contributed by atoms with Gasteiger partial charge in [-0.25, -0.2) is 0 Å². The summed E-state index contributed by atoms with van der Waals surface area (Å²) >= 11 is 0. The van der Waals surface area contributed by atoms with Gasteiger partial charge in [0.05, 0.1) is 16.5 Å². The van der Waals surface area contributed by atoms with Gasteiger partial charge in [-0.1, -0.05) is 0 Å². The predicted molar refractivity (Wildman–Crippen MR) is 112 cm³/mol. The van der Waals surface area contributed by atoms with Crippen LogP contribution in [0.2, 0.25) is 0 Å². The van der Waals surface area contributed by atoms with Crippen molar-refractivity contribution in [1.29, 1.82) is 0 Å². The van der Waals surface area contributed by atoms with E-state index in [1.165, 1.54) is 12.1 Å². The van der Waals surface area contributed by atoms with E-state index in [1.54, 1.807) is 24.5 Å². The van der Waals surface area contributed by atoms with Gasteiger partial charge < -0.3 is 10.2 Å². The van der Waals surface area contributed by atoms with Crippen molar-refractivity contribution >= 4 is 23.1 Å². The molecule has 0 saturated carbocycles. The number of benzene rings is 1. The predicted octanol–water partition coefficient (Wildman–Crippen LogP) is 3.30. The van der Waals surface area contributed by atoms with Crippen LogP contribution >= 0.6 is 0 Å². The second-order valence-corrected chi connectivity index (χ2v) is 7.09. The van der Waals surface area contributed by atoms with Gasteiger partial charge in [0.2, 0.25) is 5.91 Å². The molecule has 1 unspecified atom stereocenters. The first-order valence-electron chi connectivity index (χ1n) is 9.64. The van der Waals surface area contributed by atoms with Gasteiger partial charge in [0.25, 0.3) is 5.69 Å². The molecular weight excluding hydrogens is 384 g/mol. The summed E-state index contributed by atoms with van der Waals surface area (Å²) in [6.07, 6.45) is 5.07. The highest BCUT2D eigenvalue weighted by Gasteiger charge is 2.27. The number of nitro benzene ring substituents is 1. The third kappa shape index (κ3) is 4.40. The lowest BCUT2D eigenvalue weighted by Gasteiger charge is -2.32. The molecule has 1 atom stereocenters. The first kappa shape index (κ1) is 19.4. The first-order chi connectivity index (χ1) is 14.6. The van der Waals surface area contributed by atoms with E-state index in [-0.39, 0.29) is 17.5 Å². The lowest BCUT2D eigenvalue weighted by Crippen LogP contribution is -2.41. The van der Waals surface area contributed by atoms with Crippen LogP contribution in [0.15, 0.2) is 60.9 Å². The third-order valence-electron chi connectivity index (χ3n) is 5.09. The molecule has 1 fully saturated rings. The van der Waals surface area contributed by atoms with Gasteiger partial charge in [-0.05, 0) is 49.2 Å². The summed E-state index contributed by atoms with van der Waals surface area (Å²) in [6, 6.07) is 13.4. The van der Waals surface area contributed by atoms with Crippen LogP contribution in [0, 0.1) is 16.0 Å².